The summed E-state index contributed by atoms with van der Waals surface area (Å²) in [5, 5.41) is 9.14. The van der Waals surface area contributed by atoms with Crippen LogP contribution in [0.4, 0.5) is 11.4 Å². The zero-order valence-electron chi connectivity index (χ0n) is 31.7. The number of ether oxygens (including phenoxy) is 1. The fraction of sp³-hybridized carbons (Fsp3) is 0.436. The molecule has 0 spiro atoms. The minimum Gasteiger partial charge on any atom is -0.490 e. The summed E-state index contributed by atoms with van der Waals surface area (Å²) in [6, 6.07) is 11.2. The van der Waals surface area contributed by atoms with E-state index in [1.165, 1.54) is 0 Å². The minimum atomic E-state index is -0.434. The quantitative estimate of drug-likeness (QED) is 0.0518. The number of hydrogen-bond donors (Lipinski definition) is 3. The van der Waals surface area contributed by atoms with Crippen LogP contribution in [0.25, 0.3) is 6.08 Å². The Kier molecular flexibility index (Phi) is 17.5. The maximum atomic E-state index is 12.4. The summed E-state index contributed by atoms with van der Waals surface area (Å²) in [4.78, 5) is 62.3. The van der Waals surface area contributed by atoms with E-state index in [2.05, 4.69) is 44.6 Å². The molecule has 1 aliphatic rings. The second-order valence-electron chi connectivity index (χ2n) is 13.1. The molecule has 2 aromatic carbocycles. The highest BCUT2D eigenvalue weighted by atomic mass is 35.5. The molecule has 14 heteroatoms. The van der Waals surface area contributed by atoms with E-state index >= 15 is 0 Å². The maximum absolute atomic E-state index is 12.4. The van der Waals surface area contributed by atoms with E-state index in [0.29, 0.717) is 67.5 Å². The molecular formula is C39H53ClN8O5. The average Bonchev–Trinajstić information content (AvgIpc) is 3.13. The van der Waals surface area contributed by atoms with Gasteiger partial charge in [-0.15, -0.1) is 0 Å². The molecule has 0 bridgehead atoms. The van der Waals surface area contributed by atoms with Crippen LogP contribution >= 0.6 is 11.6 Å². The Labute approximate surface area is 318 Å². The first kappa shape index (κ1) is 42.7. The van der Waals surface area contributed by atoms with Crippen LogP contribution in [0.1, 0.15) is 59.7 Å². The molecule has 3 N–H and O–H groups in total. The van der Waals surface area contributed by atoms with Crippen LogP contribution in [0.5, 0.6) is 0 Å². The number of likely N-dealkylation sites (N-methyl/N-ethyl adjacent to an activating group) is 1. The van der Waals surface area contributed by atoms with Crippen molar-refractivity contribution in [3.63, 3.8) is 0 Å². The molecule has 1 saturated heterocycles. The third-order valence-corrected chi connectivity index (χ3v) is 9.23. The van der Waals surface area contributed by atoms with E-state index < -0.39 is 6.04 Å². The van der Waals surface area contributed by atoms with E-state index in [9.17, 15) is 19.2 Å². The fourth-order valence-corrected chi connectivity index (χ4v) is 6.31. The number of nitrogens with zero attached hydrogens (tertiary/aromatic N) is 5. The third-order valence-electron chi connectivity index (χ3n) is 8.96. The Morgan fingerprint density at radius 3 is 2.51 bits per heavy atom. The van der Waals surface area contributed by atoms with Crippen LogP contribution < -0.4 is 20.9 Å². The highest BCUT2D eigenvalue weighted by Gasteiger charge is 2.30. The largest absolute Gasteiger partial charge is 0.490 e. The number of hydrogen-bond acceptors (Lipinski definition) is 12. The molecule has 0 aliphatic carbocycles. The summed E-state index contributed by atoms with van der Waals surface area (Å²) in [5.41, 5.74) is 4.80. The van der Waals surface area contributed by atoms with Gasteiger partial charge in [0.25, 0.3) is 0 Å². The number of benzene rings is 2. The highest BCUT2D eigenvalue weighted by molar-refractivity contribution is 6.39. The molecule has 1 aliphatic heterocycles. The van der Waals surface area contributed by atoms with Gasteiger partial charge in [0.05, 0.1) is 12.6 Å². The van der Waals surface area contributed by atoms with E-state index in [-0.39, 0.29) is 23.6 Å². The predicted molar refractivity (Wildman–Crippen MR) is 214 cm³/mol. The molecule has 53 heavy (non-hydrogen) atoms. The predicted octanol–water partition coefficient (Wildman–Crippen LogP) is 4.47. The normalized spacial score (nSPS) is 16.0. The van der Waals surface area contributed by atoms with Crippen molar-refractivity contribution >= 4 is 66.4 Å². The molecule has 1 fully saturated rings. The second-order valence-corrected chi connectivity index (χ2v) is 13.5. The number of allylic oxidation sites excluding steroid dienone is 2. The zero-order valence-corrected chi connectivity index (χ0v) is 32.4. The van der Waals surface area contributed by atoms with Crippen LogP contribution in [0.3, 0.4) is 0 Å². The Bertz CT molecular complexity index is 1690. The second kappa shape index (κ2) is 21.7. The molecule has 3 rings (SSSR count). The van der Waals surface area contributed by atoms with Crippen molar-refractivity contribution in [3.05, 3.63) is 75.3 Å². The summed E-state index contributed by atoms with van der Waals surface area (Å²) >= 11 is 6.64. The van der Waals surface area contributed by atoms with Crippen molar-refractivity contribution in [1.29, 1.82) is 0 Å². The number of piperidine rings is 1. The van der Waals surface area contributed by atoms with Crippen LogP contribution in [0.15, 0.2) is 63.0 Å². The molecule has 2 aromatic rings. The van der Waals surface area contributed by atoms with Gasteiger partial charge < -0.3 is 20.3 Å². The maximum Gasteiger partial charge on any atom is 0.243 e. The van der Waals surface area contributed by atoms with Gasteiger partial charge in [-0.2, -0.15) is 0 Å². The topological polar surface area (TPSA) is 148 Å². The van der Waals surface area contributed by atoms with Gasteiger partial charge in [-0.1, -0.05) is 29.8 Å². The monoisotopic (exact) mass is 748 g/mol. The lowest BCUT2D eigenvalue weighted by Crippen LogP contribution is -2.51. The molecule has 0 radical (unpaired) electrons. The van der Waals surface area contributed by atoms with Gasteiger partial charge in [-0.3, -0.25) is 39.3 Å². The van der Waals surface area contributed by atoms with Crippen molar-refractivity contribution in [1.82, 2.24) is 20.4 Å². The Balaban J connectivity index is 1.70. The lowest BCUT2D eigenvalue weighted by atomic mass is 10.0. The third kappa shape index (κ3) is 13.0. The summed E-state index contributed by atoms with van der Waals surface area (Å²) in [7, 11) is 9.66. The van der Waals surface area contributed by atoms with Crippen LogP contribution in [-0.2, 0) is 32.2 Å². The molecule has 286 valence electrons. The van der Waals surface area contributed by atoms with E-state index in [0.717, 1.165) is 48.1 Å². The molecule has 0 saturated carbocycles. The molecular weight excluding hydrogens is 696 g/mol. The number of aldehydes is 2. The van der Waals surface area contributed by atoms with Gasteiger partial charge in [0.1, 0.15) is 17.1 Å². The number of aliphatic imine (C=N–C) groups is 2. The number of anilines is 2. The Morgan fingerprint density at radius 1 is 1.09 bits per heavy atom. The smallest absolute Gasteiger partial charge is 0.243 e. The van der Waals surface area contributed by atoms with Crippen molar-refractivity contribution in [3.8, 4) is 0 Å². The number of rotatable bonds is 22. The molecule has 13 nitrogen and oxygen atoms in total. The van der Waals surface area contributed by atoms with Crippen LogP contribution in [0.2, 0.25) is 0 Å². The average molecular weight is 749 g/mol. The summed E-state index contributed by atoms with van der Waals surface area (Å²) < 4.78 is 5.44. The van der Waals surface area contributed by atoms with Gasteiger partial charge >= 0.3 is 0 Å². The fourth-order valence-electron chi connectivity index (χ4n) is 6.13. The summed E-state index contributed by atoms with van der Waals surface area (Å²) in [5.74, 6) is -0.00119. The first-order valence-corrected chi connectivity index (χ1v) is 18.0. The first-order chi connectivity index (χ1) is 25.4. The highest BCUT2D eigenvalue weighted by Crippen LogP contribution is 2.27. The summed E-state index contributed by atoms with van der Waals surface area (Å²) in [6.07, 6.45) is 7.17. The van der Waals surface area contributed by atoms with Crippen molar-refractivity contribution < 1.29 is 23.9 Å². The van der Waals surface area contributed by atoms with E-state index in [1.807, 2.05) is 81.3 Å². The molecule has 2 atom stereocenters. The number of amides is 2. The number of carbonyl (C=O) groups is 4. The minimum absolute atomic E-state index is 0.187. The summed E-state index contributed by atoms with van der Waals surface area (Å²) in [6.45, 7) is 8.26. The number of carbonyl (C=O) groups excluding carboxylic acids is 4. The number of nitrogens with one attached hydrogen (secondary N) is 3. The SMILES string of the molecule is C=N/C(Nc1ccc(N(C)C)c(/C=C(\C=O)OCC)c1)=C(/Cl)C=NCCC(CCNC)N(C)Cc1ccc(C=O)c(CN(C)C2CCC(=O)NC2=O)c1. The molecule has 1 heterocycles. The number of halogens is 1. The molecule has 0 aromatic heterocycles. The van der Waals surface area contributed by atoms with Crippen LogP contribution in [0, 0.1) is 0 Å². The van der Waals surface area contributed by atoms with Gasteiger partial charge in [0, 0.05) is 74.9 Å². The van der Waals surface area contributed by atoms with Crippen LogP contribution in [-0.4, -0.2) is 114 Å². The Morgan fingerprint density at radius 2 is 1.87 bits per heavy atom. The van der Waals surface area contributed by atoms with Gasteiger partial charge in [0.2, 0.25) is 11.8 Å². The van der Waals surface area contributed by atoms with E-state index in [4.69, 9.17) is 16.3 Å². The van der Waals surface area contributed by atoms with E-state index in [1.54, 1.807) is 12.3 Å². The van der Waals surface area contributed by atoms with Gasteiger partial charge in [-0.25, -0.2) is 4.99 Å². The van der Waals surface area contributed by atoms with Gasteiger partial charge in [-0.05, 0) is 96.0 Å². The molecule has 2 unspecified atom stereocenters. The number of imide groups is 1. The standard InChI is InChI=1S/C39H53ClN8O5/c1-8-53-33(26-50)21-29-20-31(11-12-35(29)46(4)5)44-38(42-3)34(40)22-43-18-16-32(15-17-41-2)47(6)23-27-9-10-28(25-49)30(19-27)24-48(7)36-13-14-37(51)45-39(36)52/h9-12,19-22,25-26,32,36,41,44H,3,8,13-18,23-24H2,1-2,4-7H3,(H,45,51,52)/b33-21+,38-34-,43-22?. The van der Waals surface area contributed by atoms with Gasteiger partial charge in [0.15, 0.2) is 12.0 Å². The lowest BCUT2D eigenvalue weighted by molar-refractivity contribution is -0.137. The lowest BCUT2D eigenvalue weighted by Gasteiger charge is -2.30. The van der Waals surface area contributed by atoms with Crippen molar-refractivity contribution in [2.24, 2.45) is 9.98 Å². The molecule has 2 amide bonds. The first-order valence-electron chi connectivity index (χ1n) is 17.6. The Hall–Kier alpha value is -4.69. The van der Waals surface area contributed by atoms with Crippen molar-refractivity contribution in [2.75, 3.05) is 65.2 Å². The van der Waals surface area contributed by atoms with Crippen molar-refractivity contribution in [2.45, 2.75) is 57.8 Å². The zero-order chi connectivity index (χ0) is 38.9.